The Labute approximate surface area is 185 Å². The number of ether oxygens (including phenoxy) is 4. The van der Waals surface area contributed by atoms with E-state index in [0.717, 1.165) is 12.8 Å². The summed E-state index contributed by atoms with van der Waals surface area (Å²) in [4.78, 5) is 0. The zero-order chi connectivity index (χ0) is 22.3. The molecule has 0 heterocycles. The first-order valence-corrected chi connectivity index (χ1v) is 12.2. The number of aliphatic hydroxyl groups is 2. The molecular formula is C24H50O6. The molecule has 0 saturated carbocycles. The van der Waals surface area contributed by atoms with Gasteiger partial charge < -0.3 is 29.2 Å². The molecule has 0 radical (unpaired) electrons. The number of rotatable bonds is 24. The molecular weight excluding hydrogens is 384 g/mol. The minimum atomic E-state index is -0.836. The second kappa shape index (κ2) is 22.0. The maximum absolute atomic E-state index is 10.4. The van der Waals surface area contributed by atoms with Crippen LogP contribution in [0.3, 0.4) is 0 Å². The van der Waals surface area contributed by atoms with Crippen LogP contribution in [0.4, 0.5) is 0 Å². The van der Waals surface area contributed by atoms with Crippen LogP contribution in [0, 0.1) is 0 Å². The summed E-state index contributed by atoms with van der Waals surface area (Å²) in [6, 6.07) is 0. The molecule has 6 heteroatoms. The van der Waals surface area contributed by atoms with Crippen molar-refractivity contribution in [1.82, 2.24) is 0 Å². The average Bonchev–Trinajstić information content (AvgIpc) is 2.70. The zero-order valence-electron chi connectivity index (χ0n) is 20.0. The lowest BCUT2D eigenvalue weighted by molar-refractivity contribution is -0.104. The van der Waals surface area contributed by atoms with Gasteiger partial charge in [0.25, 0.3) is 0 Å². The smallest absolute Gasteiger partial charge is 0.0857 e. The van der Waals surface area contributed by atoms with Gasteiger partial charge in [-0.2, -0.15) is 0 Å². The first kappa shape index (κ1) is 29.8. The molecule has 0 aromatic rings. The van der Waals surface area contributed by atoms with E-state index in [1.165, 1.54) is 57.8 Å². The predicted molar refractivity (Wildman–Crippen MR) is 122 cm³/mol. The minimum absolute atomic E-state index is 0.0357. The number of unbranched alkanes of at least 4 members (excludes halogenated alkanes) is 9. The van der Waals surface area contributed by atoms with Gasteiger partial charge in [-0.25, -0.2) is 0 Å². The van der Waals surface area contributed by atoms with Crippen LogP contribution in [0.5, 0.6) is 0 Å². The number of aliphatic hydroxyl groups excluding tert-OH is 1. The monoisotopic (exact) mass is 434 g/mol. The molecule has 30 heavy (non-hydrogen) atoms. The third kappa shape index (κ3) is 21.0. The average molecular weight is 435 g/mol. The van der Waals surface area contributed by atoms with Gasteiger partial charge in [-0.1, -0.05) is 71.1 Å². The van der Waals surface area contributed by atoms with Gasteiger partial charge in [0.2, 0.25) is 0 Å². The first-order valence-electron chi connectivity index (χ1n) is 12.2. The van der Waals surface area contributed by atoms with E-state index in [2.05, 4.69) is 6.92 Å². The van der Waals surface area contributed by atoms with Crippen molar-refractivity contribution in [3.8, 4) is 0 Å². The Bertz CT molecular complexity index is 332. The Hall–Kier alpha value is -0.240. The maximum atomic E-state index is 10.4. The van der Waals surface area contributed by atoms with Gasteiger partial charge in [-0.15, -0.1) is 0 Å². The molecule has 1 atom stereocenters. The van der Waals surface area contributed by atoms with Crippen molar-refractivity contribution in [3.63, 3.8) is 0 Å². The Morgan fingerprint density at radius 1 is 0.633 bits per heavy atom. The number of hydrogen-bond acceptors (Lipinski definition) is 6. The molecule has 0 saturated heterocycles. The second-order valence-corrected chi connectivity index (χ2v) is 8.54. The van der Waals surface area contributed by atoms with Gasteiger partial charge in [0.05, 0.1) is 64.6 Å². The van der Waals surface area contributed by atoms with Gasteiger partial charge in [0.15, 0.2) is 0 Å². The molecule has 0 aliphatic carbocycles. The number of hydrogen-bond donors (Lipinski definition) is 2. The van der Waals surface area contributed by atoms with Gasteiger partial charge in [-0.3, -0.25) is 0 Å². The van der Waals surface area contributed by atoms with Crippen molar-refractivity contribution < 1.29 is 29.2 Å². The molecule has 0 amide bonds. The Morgan fingerprint density at radius 2 is 1.07 bits per heavy atom. The van der Waals surface area contributed by atoms with E-state index in [9.17, 15) is 5.11 Å². The van der Waals surface area contributed by atoms with Crippen LogP contribution < -0.4 is 0 Å². The van der Waals surface area contributed by atoms with Crippen molar-refractivity contribution in [2.75, 3.05) is 52.9 Å². The van der Waals surface area contributed by atoms with E-state index < -0.39 is 5.60 Å². The fraction of sp³-hybridized carbons (Fsp3) is 1.00. The molecule has 0 aromatic carbocycles. The quantitative estimate of drug-likeness (QED) is 0.218. The van der Waals surface area contributed by atoms with E-state index in [4.69, 9.17) is 24.1 Å². The Balaban J connectivity index is 3.59. The van der Waals surface area contributed by atoms with Crippen molar-refractivity contribution in [2.24, 2.45) is 0 Å². The molecule has 1 unspecified atom stereocenters. The fourth-order valence-corrected chi connectivity index (χ4v) is 3.31. The summed E-state index contributed by atoms with van der Waals surface area (Å²) in [7, 11) is 0. The van der Waals surface area contributed by atoms with E-state index in [1.54, 1.807) is 0 Å². The van der Waals surface area contributed by atoms with Crippen molar-refractivity contribution in [3.05, 3.63) is 0 Å². The normalized spacial score (nSPS) is 13.1. The van der Waals surface area contributed by atoms with Crippen LogP contribution >= 0.6 is 0 Å². The highest BCUT2D eigenvalue weighted by atomic mass is 16.6. The lowest BCUT2D eigenvalue weighted by Gasteiger charge is -2.29. The summed E-state index contributed by atoms with van der Waals surface area (Å²) in [5, 5.41) is 19.0. The van der Waals surface area contributed by atoms with Gasteiger partial charge >= 0.3 is 0 Å². The molecule has 0 aromatic heterocycles. The minimum Gasteiger partial charge on any atom is -0.394 e. The highest BCUT2D eigenvalue weighted by molar-refractivity contribution is 4.78. The van der Waals surface area contributed by atoms with E-state index >= 15 is 0 Å². The molecule has 2 N–H and O–H groups in total. The van der Waals surface area contributed by atoms with E-state index in [-0.39, 0.29) is 12.7 Å². The van der Waals surface area contributed by atoms with Crippen molar-refractivity contribution >= 4 is 0 Å². The van der Waals surface area contributed by atoms with Crippen LogP contribution in [-0.4, -0.2) is 74.8 Å². The molecule has 0 aliphatic rings. The summed E-state index contributed by atoms with van der Waals surface area (Å²) in [6.45, 7) is 9.26. The highest BCUT2D eigenvalue weighted by Gasteiger charge is 2.26. The third-order valence-corrected chi connectivity index (χ3v) is 5.13. The fourth-order valence-electron chi connectivity index (χ4n) is 3.31. The third-order valence-electron chi connectivity index (χ3n) is 5.13. The largest absolute Gasteiger partial charge is 0.394 e. The van der Waals surface area contributed by atoms with Crippen LogP contribution in [0.2, 0.25) is 0 Å². The SMILES string of the molecule is CCCCCCCCCCCCC(OCCOCCOCCOCCO)C(C)(C)O. The first-order chi connectivity index (χ1) is 14.5. The molecule has 182 valence electrons. The molecule has 0 spiro atoms. The maximum Gasteiger partial charge on any atom is 0.0857 e. The van der Waals surface area contributed by atoms with Gasteiger partial charge in [0.1, 0.15) is 0 Å². The van der Waals surface area contributed by atoms with Gasteiger partial charge in [0, 0.05) is 0 Å². The summed E-state index contributed by atoms with van der Waals surface area (Å²) in [6.07, 6.45) is 13.8. The van der Waals surface area contributed by atoms with Crippen LogP contribution in [0.25, 0.3) is 0 Å². The molecule has 6 nitrogen and oxygen atoms in total. The van der Waals surface area contributed by atoms with Crippen molar-refractivity contribution in [1.29, 1.82) is 0 Å². The van der Waals surface area contributed by atoms with E-state index in [0.29, 0.717) is 46.2 Å². The van der Waals surface area contributed by atoms with E-state index in [1.807, 2.05) is 13.8 Å². The standard InChI is InChI=1S/C24H50O6/c1-4-5-6-7-8-9-10-11-12-13-14-23(24(2,3)26)30-22-21-29-20-19-28-18-17-27-16-15-25/h23,25-26H,4-22H2,1-3H3. The lowest BCUT2D eigenvalue weighted by Crippen LogP contribution is -2.39. The lowest BCUT2D eigenvalue weighted by atomic mass is 9.95. The van der Waals surface area contributed by atoms with Crippen LogP contribution in [0.1, 0.15) is 91.4 Å². The molecule has 0 aliphatic heterocycles. The summed E-state index contributed by atoms with van der Waals surface area (Å²) in [5.41, 5.74) is -0.836. The predicted octanol–water partition coefficient (Wildman–Crippen LogP) is 4.50. The second-order valence-electron chi connectivity index (χ2n) is 8.54. The van der Waals surface area contributed by atoms with Crippen LogP contribution in [0.15, 0.2) is 0 Å². The van der Waals surface area contributed by atoms with Gasteiger partial charge in [-0.05, 0) is 20.3 Å². The molecule has 0 bridgehead atoms. The Kier molecular flexibility index (Phi) is 21.8. The Morgan fingerprint density at radius 3 is 1.53 bits per heavy atom. The molecule has 0 rings (SSSR count). The van der Waals surface area contributed by atoms with Crippen LogP contribution in [-0.2, 0) is 18.9 Å². The summed E-state index contributed by atoms with van der Waals surface area (Å²) < 4.78 is 21.9. The zero-order valence-corrected chi connectivity index (χ0v) is 20.0. The molecule has 0 fully saturated rings. The van der Waals surface area contributed by atoms with Crippen molar-refractivity contribution in [2.45, 2.75) is 103 Å². The topological polar surface area (TPSA) is 77.4 Å². The highest BCUT2D eigenvalue weighted by Crippen LogP contribution is 2.20. The summed E-state index contributed by atoms with van der Waals surface area (Å²) >= 11 is 0. The summed E-state index contributed by atoms with van der Waals surface area (Å²) in [5.74, 6) is 0.